The first-order valence-electron chi connectivity index (χ1n) is 6.17. The van der Waals surface area contributed by atoms with Crippen molar-refractivity contribution >= 4 is 0 Å². The van der Waals surface area contributed by atoms with Gasteiger partial charge in [0.15, 0.2) is 0 Å². The first-order chi connectivity index (χ1) is 8.48. The van der Waals surface area contributed by atoms with E-state index in [-0.39, 0.29) is 18.0 Å². The van der Waals surface area contributed by atoms with E-state index in [4.69, 9.17) is 9.84 Å². The number of nitrogens with one attached hydrogen (secondary N) is 1. The molecular formula is C14H22FNO2. The maximum absolute atomic E-state index is 13.2. The summed E-state index contributed by atoms with van der Waals surface area (Å²) >= 11 is 0. The molecule has 102 valence electrons. The van der Waals surface area contributed by atoms with Gasteiger partial charge in [-0.3, -0.25) is 0 Å². The number of benzene rings is 1. The number of rotatable bonds is 7. The molecule has 0 aliphatic carbocycles. The molecule has 0 saturated carbocycles. The van der Waals surface area contributed by atoms with Gasteiger partial charge in [0, 0.05) is 12.1 Å². The molecule has 0 amide bonds. The largest absolute Gasteiger partial charge is 0.496 e. The highest BCUT2D eigenvalue weighted by atomic mass is 19.1. The van der Waals surface area contributed by atoms with Gasteiger partial charge in [-0.15, -0.1) is 0 Å². The summed E-state index contributed by atoms with van der Waals surface area (Å²) in [6, 6.07) is 4.54. The van der Waals surface area contributed by atoms with Crippen molar-refractivity contribution in [2.45, 2.75) is 32.2 Å². The summed E-state index contributed by atoms with van der Waals surface area (Å²) in [6.07, 6.45) is 1.38. The predicted molar refractivity (Wildman–Crippen MR) is 70.4 cm³/mol. The van der Waals surface area contributed by atoms with Crippen LogP contribution in [0, 0.1) is 5.82 Å². The molecule has 0 aliphatic heterocycles. The van der Waals surface area contributed by atoms with Crippen LogP contribution in [0.3, 0.4) is 0 Å². The lowest BCUT2D eigenvalue weighted by atomic mass is 10.0. The Kier molecular flexibility index (Phi) is 5.56. The SMILES string of the molecule is COc1ccc(F)cc1CCNC(C)(C)CCO. The van der Waals surface area contributed by atoms with Crippen molar-refractivity contribution in [1.29, 1.82) is 0 Å². The zero-order valence-electron chi connectivity index (χ0n) is 11.3. The highest BCUT2D eigenvalue weighted by Gasteiger charge is 2.15. The van der Waals surface area contributed by atoms with Crippen molar-refractivity contribution in [2.75, 3.05) is 20.3 Å². The van der Waals surface area contributed by atoms with E-state index in [1.165, 1.54) is 12.1 Å². The third kappa shape index (κ3) is 4.63. The minimum absolute atomic E-state index is 0.116. The topological polar surface area (TPSA) is 41.5 Å². The van der Waals surface area contributed by atoms with E-state index in [1.807, 2.05) is 13.8 Å². The van der Waals surface area contributed by atoms with Gasteiger partial charge in [0.1, 0.15) is 11.6 Å². The minimum Gasteiger partial charge on any atom is -0.496 e. The van der Waals surface area contributed by atoms with Crippen LogP contribution >= 0.6 is 0 Å². The van der Waals surface area contributed by atoms with Crippen LogP contribution in [0.5, 0.6) is 5.75 Å². The van der Waals surface area contributed by atoms with E-state index >= 15 is 0 Å². The Labute approximate surface area is 108 Å². The van der Waals surface area contributed by atoms with Crippen LogP contribution in [0.15, 0.2) is 18.2 Å². The van der Waals surface area contributed by atoms with Crippen molar-refractivity contribution in [3.63, 3.8) is 0 Å². The summed E-state index contributed by atoms with van der Waals surface area (Å²) < 4.78 is 18.4. The van der Waals surface area contributed by atoms with Gasteiger partial charge in [-0.1, -0.05) is 0 Å². The molecule has 0 spiro atoms. The number of ether oxygens (including phenoxy) is 1. The molecular weight excluding hydrogens is 233 g/mol. The third-order valence-corrected chi connectivity index (χ3v) is 2.98. The van der Waals surface area contributed by atoms with E-state index in [0.717, 1.165) is 5.56 Å². The van der Waals surface area contributed by atoms with Gasteiger partial charge >= 0.3 is 0 Å². The molecule has 1 aromatic rings. The fourth-order valence-corrected chi connectivity index (χ4v) is 1.85. The zero-order valence-corrected chi connectivity index (χ0v) is 11.3. The average molecular weight is 255 g/mol. The smallest absolute Gasteiger partial charge is 0.123 e. The molecule has 0 bridgehead atoms. The maximum Gasteiger partial charge on any atom is 0.123 e. The van der Waals surface area contributed by atoms with Crippen molar-refractivity contribution < 1.29 is 14.2 Å². The Bertz CT molecular complexity index is 380. The third-order valence-electron chi connectivity index (χ3n) is 2.98. The molecule has 2 N–H and O–H groups in total. The summed E-state index contributed by atoms with van der Waals surface area (Å²) in [5, 5.41) is 12.3. The Balaban J connectivity index is 2.55. The normalized spacial score (nSPS) is 11.6. The summed E-state index contributed by atoms with van der Waals surface area (Å²) in [6.45, 7) is 4.94. The van der Waals surface area contributed by atoms with Gasteiger partial charge in [-0.2, -0.15) is 0 Å². The lowest BCUT2D eigenvalue weighted by molar-refractivity contribution is 0.231. The average Bonchev–Trinajstić information content (AvgIpc) is 2.29. The van der Waals surface area contributed by atoms with Gasteiger partial charge in [0.2, 0.25) is 0 Å². The maximum atomic E-state index is 13.2. The molecule has 1 aromatic carbocycles. The van der Waals surface area contributed by atoms with Gasteiger partial charge in [-0.25, -0.2) is 4.39 Å². The van der Waals surface area contributed by atoms with E-state index in [2.05, 4.69) is 5.32 Å². The van der Waals surface area contributed by atoms with E-state index in [9.17, 15) is 4.39 Å². The molecule has 4 heteroatoms. The Hall–Kier alpha value is -1.13. The summed E-state index contributed by atoms with van der Waals surface area (Å²) in [5.41, 5.74) is 0.736. The summed E-state index contributed by atoms with van der Waals surface area (Å²) in [4.78, 5) is 0. The lowest BCUT2D eigenvalue weighted by Crippen LogP contribution is -2.41. The highest BCUT2D eigenvalue weighted by Crippen LogP contribution is 2.19. The molecule has 0 unspecified atom stereocenters. The molecule has 1 rings (SSSR count). The van der Waals surface area contributed by atoms with Gasteiger partial charge < -0.3 is 15.2 Å². The highest BCUT2D eigenvalue weighted by molar-refractivity contribution is 5.34. The quantitative estimate of drug-likeness (QED) is 0.784. The molecule has 0 aliphatic rings. The molecule has 0 saturated heterocycles. The van der Waals surface area contributed by atoms with Gasteiger partial charge in [-0.05, 0) is 57.0 Å². The molecule has 0 heterocycles. The van der Waals surface area contributed by atoms with Crippen molar-refractivity contribution in [3.8, 4) is 5.75 Å². The molecule has 0 fully saturated rings. The van der Waals surface area contributed by atoms with Crippen LogP contribution < -0.4 is 10.1 Å². The predicted octanol–water partition coefficient (Wildman–Crippen LogP) is 2.13. The number of halogens is 1. The second-order valence-corrected chi connectivity index (χ2v) is 4.99. The minimum atomic E-state index is -0.250. The van der Waals surface area contributed by atoms with Crippen LogP contribution in [-0.4, -0.2) is 30.9 Å². The fraction of sp³-hybridized carbons (Fsp3) is 0.571. The monoisotopic (exact) mass is 255 g/mol. The molecule has 3 nitrogen and oxygen atoms in total. The van der Waals surface area contributed by atoms with E-state index in [1.54, 1.807) is 13.2 Å². The standard InChI is InChI=1S/C14H22FNO2/c1-14(2,7-9-17)16-8-6-11-10-12(15)4-5-13(11)18-3/h4-5,10,16-17H,6-9H2,1-3H3. The second-order valence-electron chi connectivity index (χ2n) is 4.99. The first kappa shape index (κ1) is 14.9. The van der Waals surface area contributed by atoms with Gasteiger partial charge in [0.25, 0.3) is 0 Å². The first-order valence-corrected chi connectivity index (χ1v) is 6.17. The Morgan fingerprint density at radius 3 is 2.72 bits per heavy atom. The Morgan fingerprint density at radius 1 is 1.39 bits per heavy atom. The van der Waals surface area contributed by atoms with Crippen LogP contribution in [0.4, 0.5) is 4.39 Å². The van der Waals surface area contributed by atoms with Crippen molar-refractivity contribution in [1.82, 2.24) is 5.32 Å². The number of hydrogen-bond donors (Lipinski definition) is 2. The van der Waals surface area contributed by atoms with Crippen LogP contribution in [0.25, 0.3) is 0 Å². The Morgan fingerprint density at radius 2 is 2.11 bits per heavy atom. The van der Waals surface area contributed by atoms with E-state index < -0.39 is 0 Å². The van der Waals surface area contributed by atoms with Crippen molar-refractivity contribution in [3.05, 3.63) is 29.6 Å². The molecule has 0 aromatic heterocycles. The molecule has 0 radical (unpaired) electrons. The summed E-state index contributed by atoms with van der Waals surface area (Å²) in [7, 11) is 1.58. The van der Waals surface area contributed by atoms with Crippen LogP contribution in [0.1, 0.15) is 25.8 Å². The van der Waals surface area contributed by atoms with Crippen LogP contribution in [-0.2, 0) is 6.42 Å². The molecule has 0 atom stereocenters. The summed E-state index contributed by atoms with van der Waals surface area (Å²) in [5.74, 6) is 0.457. The fourth-order valence-electron chi connectivity index (χ4n) is 1.85. The van der Waals surface area contributed by atoms with Gasteiger partial charge in [0.05, 0.1) is 7.11 Å². The van der Waals surface area contributed by atoms with Crippen LogP contribution in [0.2, 0.25) is 0 Å². The second kappa shape index (κ2) is 6.71. The van der Waals surface area contributed by atoms with E-state index in [0.29, 0.717) is 25.1 Å². The van der Waals surface area contributed by atoms with Crippen molar-refractivity contribution in [2.24, 2.45) is 0 Å². The zero-order chi connectivity index (χ0) is 13.6. The molecule has 18 heavy (non-hydrogen) atoms. The number of aliphatic hydroxyl groups is 1. The number of aliphatic hydroxyl groups excluding tert-OH is 1. The number of hydrogen-bond acceptors (Lipinski definition) is 3. The number of methoxy groups -OCH3 is 1. The lowest BCUT2D eigenvalue weighted by Gasteiger charge is -2.25.